The highest BCUT2D eigenvalue weighted by Gasteiger charge is 2.38. The molecule has 0 aliphatic carbocycles. The van der Waals surface area contributed by atoms with Crippen LogP contribution in [0.2, 0.25) is 5.02 Å². The molecule has 19 heteroatoms. The van der Waals surface area contributed by atoms with Crippen LogP contribution in [-0.2, 0) is 16.2 Å². The number of benzene rings is 1. The summed E-state index contributed by atoms with van der Waals surface area (Å²) in [6.45, 7) is 3.83. The molecule has 3 aromatic heterocycles. The molecule has 0 amide bonds. The molecule has 1 unspecified atom stereocenters. The molecule has 4 rings (SSSR count). The summed E-state index contributed by atoms with van der Waals surface area (Å²) < 4.78 is 69.3. The minimum Gasteiger partial charge on any atom is -0.496 e. The highest BCUT2D eigenvalue weighted by Crippen LogP contribution is 2.42. The molecule has 1 atom stereocenters. The van der Waals surface area contributed by atoms with Gasteiger partial charge in [-0.3, -0.25) is 4.98 Å². The second-order valence-corrected chi connectivity index (χ2v) is 8.88. The SMILES string of the molecule is COc1c(C(C)Nc2ncnc3[nH]cnc23)cc(Cl)c(C)c1-c1ccc(CO)nc1.O=C(O)C(F)(F)F.O=C(O)C(F)(F)F. The van der Waals surface area contributed by atoms with Crippen LogP contribution in [0.4, 0.5) is 32.2 Å². The molecule has 0 fully saturated rings. The number of aliphatic hydroxyl groups excluding tert-OH is 1. The lowest BCUT2D eigenvalue weighted by Crippen LogP contribution is -2.21. The molecule has 0 saturated carbocycles. The molecule has 0 spiro atoms. The van der Waals surface area contributed by atoms with Crippen molar-refractivity contribution in [2.24, 2.45) is 0 Å². The van der Waals surface area contributed by atoms with Gasteiger partial charge in [0.15, 0.2) is 11.5 Å². The average Bonchev–Trinajstić information content (AvgIpc) is 3.44. The number of aliphatic carboxylic acids is 2. The lowest BCUT2D eigenvalue weighted by Gasteiger charge is -2.22. The Morgan fingerprint density at radius 1 is 1.05 bits per heavy atom. The van der Waals surface area contributed by atoms with Crippen molar-refractivity contribution < 1.29 is 56.0 Å². The van der Waals surface area contributed by atoms with Gasteiger partial charge in [-0.15, -0.1) is 0 Å². The number of nitrogens with zero attached hydrogens (tertiary/aromatic N) is 4. The van der Waals surface area contributed by atoms with Crippen LogP contribution in [0.1, 0.15) is 29.8 Å². The van der Waals surface area contributed by atoms with Gasteiger partial charge in [0.05, 0.1) is 31.8 Å². The van der Waals surface area contributed by atoms with Crippen LogP contribution in [-0.4, -0.2) is 71.6 Å². The van der Waals surface area contributed by atoms with Crippen molar-refractivity contribution in [2.45, 2.75) is 38.8 Å². The van der Waals surface area contributed by atoms with Gasteiger partial charge in [-0.25, -0.2) is 24.5 Å². The van der Waals surface area contributed by atoms with E-state index < -0.39 is 24.3 Å². The Bertz CT molecular complexity index is 1570. The topological polar surface area (TPSA) is 183 Å². The minimum atomic E-state index is -5.08. The second kappa shape index (κ2) is 14.6. The Morgan fingerprint density at radius 2 is 1.64 bits per heavy atom. The van der Waals surface area contributed by atoms with Gasteiger partial charge >= 0.3 is 24.3 Å². The number of H-pyrrole nitrogens is 1. The first kappa shape index (κ1) is 35.5. The Kier molecular flexibility index (Phi) is 11.8. The van der Waals surface area contributed by atoms with Crippen LogP contribution < -0.4 is 10.1 Å². The van der Waals surface area contributed by atoms with Crippen LogP contribution in [0, 0.1) is 6.92 Å². The molecular weight excluding hydrogens is 630 g/mol. The van der Waals surface area contributed by atoms with Gasteiger partial charge in [0.1, 0.15) is 17.6 Å². The number of nitrogens with one attached hydrogen (secondary N) is 2. The largest absolute Gasteiger partial charge is 0.496 e. The van der Waals surface area contributed by atoms with Crippen LogP contribution in [0.3, 0.4) is 0 Å². The van der Waals surface area contributed by atoms with Gasteiger partial charge in [-0.2, -0.15) is 26.3 Å². The molecule has 12 nitrogen and oxygen atoms in total. The smallest absolute Gasteiger partial charge is 0.490 e. The van der Waals surface area contributed by atoms with Crippen molar-refractivity contribution in [2.75, 3.05) is 12.4 Å². The third-order valence-electron chi connectivity index (χ3n) is 5.51. The summed E-state index contributed by atoms with van der Waals surface area (Å²) in [7, 11) is 1.63. The van der Waals surface area contributed by atoms with Gasteiger partial charge in [-0.1, -0.05) is 17.7 Å². The summed E-state index contributed by atoms with van der Waals surface area (Å²) in [6.07, 6.45) is -5.39. The molecule has 238 valence electrons. The van der Waals surface area contributed by atoms with Gasteiger partial charge in [-0.05, 0) is 31.5 Å². The molecule has 4 aromatic rings. The van der Waals surface area contributed by atoms with E-state index in [2.05, 4.69) is 30.2 Å². The van der Waals surface area contributed by atoms with Crippen molar-refractivity contribution >= 4 is 40.5 Å². The maximum atomic E-state index is 10.6. The molecule has 0 radical (unpaired) electrons. The number of carbonyl (C=O) groups is 2. The number of alkyl halides is 6. The predicted molar refractivity (Wildman–Crippen MR) is 143 cm³/mol. The second-order valence-electron chi connectivity index (χ2n) is 8.47. The summed E-state index contributed by atoms with van der Waals surface area (Å²) in [6, 6.07) is 5.40. The van der Waals surface area contributed by atoms with Gasteiger partial charge in [0.25, 0.3) is 0 Å². The van der Waals surface area contributed by atoms with Gasteiger partial charge < -0.3 is 30.4 Å². The first-order valence-electron chi connectivity index (χ1n) is 11.9. The number of methoxy groups -OCH3 is 1. The summed E-state index contributed by atoms with van der Waals surface area (Å²) in [5.74, 6) is -4.20. The van der Waals surface area contributed by atoms with E-state index in [4.69, 9.17) is 36.1 Å². The van der Waals surface area contributed by atoms with Crippen molar-refractivity contribution in [1.82, 2.24) is 24.9 Å². The quantitative estimate of drug-likeness (QED) is 0.170. The number of rotatable bonds is 6. The molecule has 0 bridgehead atoms. The van der Waals surface area contributed by atoms with E-state index in [9.17, 15) is 31.4 Å². The number of imidazole rings is 1. The summed E-state index contributed by atoms with van der Waals surface area (Å²) in [5.41, 5.74) is 5.39. The van der Waals surface area contributed by atoms with Crippen molar-refractivity contribution in [3.05, 3.63) is 58.9 Å². The average molecular weight is 653 g/mol. The molecule has 5 N–H and O–H groups in total. The van der Waals surface area contributed by atoms with E-state index in [1.54, 1.807) is 25.7 Å². The number of anilines is 1. The number of aromatic nitrogens is 5. The summed E-state index contributed by atoms with van der Waals surface area (Å²) in [5, 5.41) is 27.5. The first-order valence-corrected chi connectivity index (χ1v) is 12.2. The number of fused-ring (bicyclic) bond motifs is 1. The van der Waals surface area contributed by atoms with Crippen molar-refractivity contribution in [3.8, 4) is 16.9 Å². The first-order chi connectivity index (χ1) is 20.4. The maximum absolute atomic E-state index is 10.6. The fraction of sp³-hybridized carbons (Fsp3) is 0.280. The van der Waals surface area contributed by atoms with E-state index in [0.717, 1.165) is 22.3 Å². The van der Waals surface area contributed by atoms with Gasteiger partial charge in [0, 0.05) is 27.9 Å². The van der Waals surface area contributed by atoms with Crippen molar-refractivity contribution in [1.29, 1.82) is 0 Å². The minimum absolute atomic E-state index is 0.112. The number of hydrogen-bond donors (Lipinski definition) is 5. The highest BCUT2D eigenvalue weighted by molar-refractivity contribution is 6.32. The van der Waals surface area contributed by atoms with E-state index in [0.29, 0.717) is 33.4 Å². The third-order valence-corrected chi connectivity index (χ3v) is 5.90. The van der Waals surface area contributed by atoms with E-state index in [-0.39, 0.29) is 12.6 Å². The Morgan fingerprint density at radius 3 is 2.11 bits per heavy atom. The summed E-state index contributed by atoms with van der Waals surface area (Å²) in [4.78, 5) is 37.9. The predicted octanol–water partition coefficient (Wildman–Crippen LogP) is 5.32. The van der Waals surface area contributed by atoms with Crippen LogP contribution in [0.5, 0.6) is 5.75 Å². The number of aromatic amines is 1. The van der Waals surface area contributed by atoms with E-state index in [1.807, 2.05) is 26.0 Å². The maximum Gasteiger partial charge on any atom is 0.490 e. The number of pyridine rings is 1. The van der Waals surface area contributed by atoms with E-state index >= 15 is 0 Å². The third kappa shape index (κ3) is 9.14. The number of carboxylic acids is 2. The Balaban J connectivity index is 0.000000402. The molecule has 0 aliphatic heterocycles. The zero-order chi connectivity index (χ0) is 33.4. The fourth-order valence-electron chi connectivity index (χ4n) is 3.45. The number of halogens is 7. The Labute approximate surface area is 248 Å². The number of ether oxygens (including phenoxy) is 1. The number of carboxylic acid groups (broad SMARTS) is 2. The van der Waals surface area contributed by atoms with Crippen molar-refractivity contribution in [3.63, 3.8) is 0 Å². The molecule has 44 heavy (non-hydrogen) atoms. The van der Waals surface area contributed by atoms with Crippen LogP contribution in [0.15, 0.2) is 37.1 Å². The lowest BCUT2D eigenvalue weighted by atomic mass is 9.94. The molecule has 1 aromatic carbocycles. The highest BCUT2D eigenvalue weighted by atomic mass is 35.5. The van der Waals surface area contributed by atoms with E-state index in [1.165, 1.54) is 6.33 Å². The Hall–Kier alpha value is -4.71. The van der Waals surface area contributed by atoms with Gasteiger partial charge in [0.2, 0.25) is 0 Å². The molecule has 0 aliphatic rings. The van der Waals surface area contributed by atoms with Crippen LogP contribution in [0.25, 0.3) is 22.3 Å². The standard InChI is InChI=1S/C21H21ClN6O2.2C2HF3O2/c1-11-16(22)6-15(12(2)28-21-18-20(25-9-24-18)26-10-27-21)19(30-3)17(11)13-4-5-14(8-29)23-7-13;2*3-2(4,5)1(6)7/h4-7,9-10,12,29H,8H2,1-3H3,(H2,24,25,26,27,28);2*(H,6,7). The molecule has 0 saturated heterocycles. The molecular formula is C25H23ClF6N6O6. The zero-order valence-corrected chi connectivity index (χ0v) is 23.5. The number of hydrogen-bond acceptors (Lipinski definition) is 9. The monoisotopic (exact) mass is 652 g/mol. The lowest BCUT2D eigenvalue weighted by molar-refractivity contribution is -0.193. The molecule has 3 heterocycles. The zero-order valence-electron chi connectivity index (χ0n) is 22.7. The number of aliphatic hydroxyl groups is 1. The summed E-state index contributed by atoms with van der Waals surface area (Å²) >= 11 is 6.59. The normalized spacial score (nSPS) is 11.9. The fourth-order valence-corrected chi connectivity index (χ4v) is 3.66. The van der Waals surface area contributed by atoms with Crippen LogP contribution >= 0.6 is 11.6 Å².